The minimum absolute atomic E-state index is 0.00919. The van der Waals surface area contributed by atoms with Crippen LogP contribution in [0, 0.1) is 13.8 Å². The van der Waals surface area contributed by atoms with Gasteiger partial charge in [0.2, 0.25) is 0 Å². The van der Waals surface area contributed by atoms with Crippen LogP contribution >= 0.6 is 0 Å². The smallest absolute Gasteiger partial charge is 0.261 e. The molecular weight excluding hydrogens is 290 g/mol. The highest BCUT2D eigenvalue weighted by Gasteiger charge is 2.31. The number of nitrogens with zero attached hydrogens (tertiary/aromatic N) is 2. The Hall–Kier alpha value is -2.30. The minimum Gasteiger partial charge on any atom is -0.480 e. The van der Waals surface area contributed by atoms with Gasteiger partial charge in [0.25, 0.3) is 5.91 Å². The number of ether oxygens (including phenoxy) is 1. The van der Waals surface area contributed by atoms with Gasteiger partial charge in [0.1, 0.15) is 11.6 Å². The summed E-state index contributed by atoms with van der Waals surface area (Å²) in [5.41, 5.74) is 3.58. The third-order valence-electron chi connectivity index (χ3n) is 4.93. The fraction of sp³-hybridized carbons (Fsp3) is 0.444. The second-order valence-corrected chi connectivity index (χ2v) is 6.59. The number of imidazole rings is 1. The molecule has 2 aromatic rings. The molecule has 0 unspecified atom stereocenters. The van der Waals surface area contributed by atoms with Crippen molar-refractivity contribution in [1.82, 2.24) is 14.9 Å². The fourth-order valence-corrected chi connectivity index (χ4v) is 3.44. The number of fused-ring (bicyclic) bond motifs is 2. The number of amides is 1. The number of carbonyl (C=O) groups excluding carboxylic acids is 1. The lowest BCUT2D eigenvalue weighted by atomic mass is 10.0. The van der Waals surface area contributed by atoms with Gasteiger partial charge in [-0.2, -0.15) is 0 Å². The largest absolute Gasteiger partial charge is 0.480 e. The van der Waals surface area contributed by atoms with E-state index < -0.39 is 6.10 Å². The van der Waals surface area contributed by atoms with Crippen molar-refractivity contribution in [1.29, 1.82) is 0 Å². The van der Waals surface area contributed by atoms with Gasteiger partial charge in [-0.15, -0.1) is 0 Å². The van der Waals surface area contributed by atoms with Crippen LogP contribution in [0.3, 0.4) is 0 Å². The van der Waals surface area contributed by atoms with Crippen LogP contribution in [0.1, 0.15) is 28.9 Å². The lowest BCUT2D eigenvalue weighted by Gasteiger charge is -2.25. The van der Waals surface area contributed by atoms with E-state index in [1.165, 1.54) is 11.1 Å². The Morgan fingerprint density at radius 3 is 3.04 bits per heavy atom. The number of rotatable bonds is 2. The Bertz CT molecular complexity index is 735. The zero-order chi connectivity index (χ0) is 16.0. The summed E-state index contributed by atoms with van der Waals surface area (Å²) in [6, 6.07) is 4.33. The highest BCUT2D eigenvalue weighted by Crippen LogP contribution is 2.31. The summed E-state index contributed by atoms with van der Waals surface area (Å²) in [6.45, 7) is 4.95. The summed E-state index contributed by atoms with van der Waals surface area (Å²) in [5, 5.41) is 3.14. The van der Waals surface area contributed by atoms with Crippen LogP contribution < -0.4 is 10.1 Å². The molecule has 0 fully saturated rings. The zero-order valence-corrected chi connectivity index (χ0v) is 13.5. The van der Waals surface area contributed by atoms with Gasteiger partial charge in [0, 0.05) is 37.8 Å². The molecular formula is C18H21N3O2. The predicted molar refractivity (Wildman–Crippen MR) is 86.5 cm³/mol. The average molecular weight is 311 g/mol. The predicted octanol–water partition coefficient (Wildman–Crippen LogP) is 1.93. The van der Waals surface area contributed by atoms with E-state index in [0.717, 1.165) is 36.5 Å². The summed E-state index contributed by atoms with van der Waals surface area (Å²) in [6.07, 6.45) is 5.88. The van der Waals surface area contributed by atoms with Crippen LogP contribution in [0.25, 0.3) is 0 Å². The third kappa shape index (κ3) is 2.60. The Kier molecular flexibility index (Phi) is 3.36. The van der Waals surface area contributed by atoms with Crippen LogP contribution in [0.2, 0.25) is 0 Å². The molecule has 2 atom stereocenters. The van der Waals surface area contributed by atoms with E-state index in [4.69, 9.17) is 4.74 Å². The normalized spacial score (nSPS) is 22.2. The van der Waals surface area contributed by atoms with Crippen molar-refractivity contribution in [3.63, 3.8) is 0 Å². The molecule has 0 spiro atoms. The zero-order valence-electron chi connectivity index (χ0n) is 13.5. The quantitative estimate of drug-likeness (QED) is 0.922. The van der Waals surface area contributed by atoms with Gasteiger partial charge in [-0.1, -0.05) is 6.07 Å². The average Bonchev–Trinajstić information content (AvgIpc) is 3.13. The van der Waals surface area contributed by atoms with Crippen LogP contribution in [-0.2, 0) is 24.2 Å². The molecule has 0 saturated carbocycles. The van der Waals surface area contributed by atoms with Crippen molar-refractivity contribution in [3.8, 4) is 5.75 Å². The topological polar surface area (TPSA) is 56.1 Å². The Morgan fingerprint density at radius 1 is 1.35 bits per heavy atom. The molecule has 3 heterocycles. The highest BCUT2D eigenvalue weighted by atomic mass is 16.5. The van der Waals surface area contributed by atoms with Crippen LogP contribution in [-0.4, -0.2) is 27.6 Å². The second-order valence-electron chi connectivity index (χ2n) is 6.59. The van der Waals surface area contributed by atoms with Crippen LogP contribution in [0.4, 0.5) is 0 Å². The van der Waals surface area contributed by atoms with E-state index >= 15 is 0 Å². The first kappa shape index (κ1) is 14.3. The maximum atomic E-state index is 12.5. The van der Waals surface area contributed by atoms with E-state index in [2.05, 4.69) is 34.8 Å². The van der Waals surface area contributed by atoms with E-state index in [9.17, 15) is 4.79 Å². The molecule has 120 valence electrons. The first-order valence-electron chi connectivity index (χ1n) is 8.17. The summed E-state index contributed by atoms with van der Waals surface area (Å²) >= 11 is 0. The number of benzene rings is 1. The molecule has 0 saturated heterocycles. The van der Waals surface area contributed by atoms with E-state index in [-0.39, 0.29) is 11.9 Å². The van der Waals surface area contributed by atoms with Crippen molar-refractivity contribution in [3.05, 3.63) is 47.0 Å². The van der Waals surface area contributed by atoms with E-state index in [1.807, 2.05) is 18.5 Å². The molecule has 0 aliphatic carbocycles. The molecule has 1 aromatic carbocycles. The van der Waals surface area contributed by atoms with E-state index in [1.54, 1.807) is 0 Å². The standard InChI is InChI=1S/C18H21N3O2/c1-11-7-13-9-16(23-15(13)8-12(11)2)18(22)20-14-3-4-17-19-5-6-21(17)10-14/h5-8,14,16H,3-4,9-10H2,1-2H3,(H,20,22)/t14-,16-/m0/s1. The van der Waals surface area contributed by atoms with Crippen molar-refractivity contribution in [2.75, 3.05) is 0 Å². The van der Waals surface area contributed by atoms with E-state index in [0.29, 0.717) is 6.42 Å². The number of hydrogen-bond acceptors (Lipinski definition) is 3. The van der Waals surface area contributed by atoms with Crippen molar-refractivity contribution < 1.29 is 9.53 Å². The number of aromatic nitrogens is 2. The molecule has 4 rings (SSSR count). The van der Waals surface area contributed by atoms with Crippen LogP contribution in [0.5, 0.6) is 5.75 Å². The van der Waals surface area contributed by atoms with Gasteiger partial charge in [-0.05, 0) is 43.0 Å². The SMILES string of the molecule is Cc1cc2c(cc1C)O[C@H](C(=O)N[C@H]1CCc3nccn3C1)C2. The molecule has 1 amide bonds. The molecule has 0 bridgehead atoms. The minimum atomic E-state index is -0.407. The number of nitrogens with one attached hydrogen (secondary N) is 1. The lowest BCUT2D eigenvalue weighted by molar-refractivity contribution is -0.128. The van der Waals surface area contributed by atoms with Crippen molar-refractivity contribution in [2.24, 2.45) is 0 Å². The number of carbonyl (C=O) groups is 1. The number of hydrogen-bond donors (Lipinski definition) is 1. The molecule has 0 radical (unpaired) electrons. The van der Waals surface area contributed by atoms with Crippen LogP contribution in [0.15, 0.2) is 24.5 Å². The molecule has 23 heavy (non-hydrogen) atoms. The Morgan fingerprint density at radius 2 is 2.17 bits per heavy atom. The third-order valence-corrected chi connectivity index (χ3v) is 4.93. The summed E-state index contributed by atoms with van der Waals surface area (Å²) in [4.78, 5) is 16.9. The maximum absolute atomic E-state index is 12.5. The molecule has 2 aliphatic rings. The second kappa shape index (κ2) is 5.41. The lowest BCUT2D eigenvalue weighted by Crippen LogP contribution is -2.46. The van der Waals surface area contributed by atoms with Gasteiger partial charge in [-0.3, -0.25) is 4.79 Å². The van der Waals surface area contributed by atoms with Gasteiger partial charge in [-0.25, -0.2) is 4.98 Å². The summed E-state index contributed by atoms with van der Waals surface area (Å²) in [5.74, 6) is 1.95. The monoisotopic (exact) mass is 311 g/mol. The fourth-order valence-electron chi connectivity index (χ4n) is 3.44. The number of aryl methyl sites for hydroxylation is 3. The van der Waals surface area contributed by atoms with Crippen molar-refractivity contribution >= 4 is 5.91 Å². The maximum Gasteiger partial charge on any atom is 0.261 e. The van der Waals surface area contributed by atoms with Gasteiger partial charge < -0.3 is 14.6 Å². The molecule has 1 aromatic heterocycles. The highest BCUT2D eigenvalue weighted by molar-refractivity contribution is 5.82. The molecule has 1 N–H and O–H groups in total. The van der Waals surface area contributed by atoms with Gasteiger partial charge in [0.05, 0.1) is 0 Å². The summed E-state index contributed by atoms with van der Waals surface area (Å²) < 4.78 is 7.99. The molecule has 5 heteroatoms. The Balaban J connectivity index is 1.41. The van der Waals surface area contributed by atoms with Gasteiger partial charge in [0.15, 0.2) is 6.10 Å². The van der Waals surface area contributed by atoms with Gasteiger partial charge >= 0.3 is 0 Å². The summed E-state index contributed by atoms with van der Waals surface area (Å²) in [7, 11) is 0. The molecule has 2 aliphatic heterocycles. The first-order chi connectivity index (χ1) is 11.1. The first-order valence-corrected chi connectivity index (χ1v) is 8.17. The molecule has 5 nitrogen and oxygen atoms in total. The Labute approximate surface area is 135 Å². The van der Waals surface area contributed by atoms with Crippen molar-refractivity contribution in [2.45, 2.75) is 51.8 Å².